The summed E-state index contributed by atoms with van der Waals surface area (Å²) in [4.78, 5) is 11.3. The van der Waals surface area contributed by atoms with Gasteiger partial charge in [-0.05, 0) is 58.8 Å². The summed E-state index contributed by atoms with van der Waals surface area (Å²) in [7, 11) is 1.54. The maximum atomic E-state index is 11.3. The first-order chi connectivity index (χ1) is 12.2. The van der Waals surface area contributed by atoms with E-state index in [4.69, 9.17) is 18.9 Å². The Hall–Kier alpha value is -0.950. The average molecular weight is 373 g/mol. The molecule has 0 bridgehead atoms. The molecule has 0 aliphatic carbocycles. The van der Waals surface area contributed by atoms with Gasteiger partial charge in [0.1, 0.15) is 6.79 Å². The number of allylic oxidation sites excluding steroid dienone is 1. The quantitative estimate of drug-likeness (QED) is 0.389. The Morgan fingerprint density at radius 2 is 1.88 bits per heavy atom. The molecule has 1 N–H and O–H groups in total. The fourth-order valence-electron chi connectivity index (χ4n) is 3.37. The van der Waals surface area contributed by atoms with E-state index < -0.39 is 17.7 Å². The first-order valence-corrected chi connectivity index (χ1v) is 9.50. The van der Waals surface area contributed by atoms with Crippen molar-refractivity contribution in [1.82, 2.24) is 0 Å². The van der Waals surface area contributed by atoms with E-state index in [2.05, 4.69) is 13.5 Å². The summed E-state index contributed by atoms with van der Waals surface area (Å²) in [5, 5.41) is 9.28. The summed E-state index contributed by atoms with van der Waals surface area (Å²) in [6.07, 6.45) is 5.96. The SMILES string of the molecule is C=CCC[C@@H]1OC(C)(C)O[C@H]1CC[C@H](C)C[C@@H](OCOC)[C@@H](C)C(=O)O. The maximum absolute atomic E-state index is 11.3. The van der Waals surface area contributed by atoms with Crippen molar-refractivity contribution in [1.29, 1.82) is 0 Å². The van der Waals surface area contributed by atoms with Crippen molar-refractivity contribution >= 4 is 5.97 Å². The lowest BCUT2D eigenvalue weighted by Gasteiger charge is -2.25. The lowest BCUT2D eigenvalue weighted by atomic mass is 9.90. The van der Waals surface area contributed by atoms with Crippen LogP contribution in [0.15, 0.2) is 12.7 Å². The zero-order valence-corrected chi connectivity index (χ0v) is 16.9. The lowest BCUT2D eigenvalue weighted by molar-refractivity contribution is -0.153. The molecule has 26 heavy (non-hydrogen) atoms. The van der Waals surface area contributed by atoms with Crippen LogP contribution in [0.1, 0.15) is 59.8 Å². The van der Waals surface area contributed by atoms with Crippen LogP contribution in [0.2, 0.25) is 0 Å². The van der Waals surface area contributed by atoms with Gasteiger partial charge in [-0.2, -0.15) is 0 Å². The molecule has 0 radical (unpaired) electrons. The molecule has 1 aliphatic rings. The molecule has 1 rings (SSSR count). The molecule has 0 unspecified atom stereocenters. The highest BCUT2D eigenvalue weighted by Crippen LogP contribution is 2.34. The van der Waals surface area contributed by atoms with E-state index in [1.165, 1.54) is 7.11 Å². The van der Waals surface area contributed by atoms with Crippen molar-refractivity contribution in [3.63, 3.8) is 0 Å². The van der Waals surface area contributed by atoms with Crippen molar-refractivity contribution < 1.29 is 28.8 Å². The van der Waals surface area contributed by atoms with Gasteiger partial charge in [0.2, 0.25) is 0 Å². The van der Waals surface area contributed by atoms with Gasteiger partial charge < -0.3 is 24.1 Å². The largest absolute Gasteiger partial charge is 0.481 e. The van der Waals surface area contributed by atoms with Crippen LogP contribution in [-0.4, -0.2) is 49.1 Å². The van der Waals surface area contributed by atoms with Crippen molar-refractivity contribution in [3.8, 4) is 0 Å². The first-order valence-electron chi connectivity index (χ1n) is 9.50. The molecular formula is C20H36O6. The smallest absolute Gasteiger partial charge is 0.308 e. The number of hydrogen-bond donors (Lipinski definition) is 1. The molecule has 1 saturated heterocycles. The number of rotatable bonds is 13. The molecule has 6 heteroatoms. The van der Waals surface area contributed by atoms with E-state index in [1.807, 2.05) is 19.9 Å². The zero-order chi connectivity index (χ0) is 19.7. The molecule has 6 nitrogen and oxygen atoms in total. The number of methoxy groups -OCH3 is 1. The molecule has 1 heterocycles. The average Bonchev–Trinajstić information content (AvgIpc) is 2.87. The molecular weight excluding hydrogens is 336 g/mol. The minimum absolute atomic E-state index is 0.0580. The minimum Gasteiger partial charge on any atom is -0.481 e. The number of hydrogen-bond acceptors (Lipinski definition) is 5. The highest BCUT2D eigenvalue weighted by molar-refractivity contribution is 5.70. The third kappa shape index (κ3) is 7.74. The number of ether oxygens (including phenoxy) is 4. The van der Waals surface area contributed by atoms with Crippen molar-refractivity contribution in [3.05, 3.63) is 12.7 Å². The van der Waals surface area contributed by atoms with Crippen molar-refractivity contribution in [2.24, 2.45) is 11.8 Å². The van der Waals surface area contributed by atoms with E-state index >= 15 is 0 Å². The van der Waals surface area contributed by atoms with E-state index in [0.717, 1.165) is 25.7 Å². The van der Waals surface area contributed by atoms with Gasteiger partial charge in [-0.15, -0.1) is 6.58 Å². The number of carboxylic acid groups (broad SMARTS) is 1. The Labute approximate surface area is 157 Å². The topological polar surface area (TPSA) is 74.2 Å². The summed E-state index contributed by atoms with van der Waals surface area (Å²) in [5.74, 6) is -1.66. The predicted octanol–water partition coefficient (Wildman–Crippen LogP) is 3.99. The van der Waals surface area contributed by atoms with Gasteiger partial charge in [0.25, 0.3) is 0 Å². The van der Waals surface area contributed by atoms with Crippen LogP contribution in [0, 0.1) is 11.8 Å². The Morgan fingerprint density at radius 3 is 2.42 bits per heavy atom. The normalized spacial score (nSPS) is 25.6. The molecule has 0 aromatic carbocycles. The molecule has 1 fully saturated rings. The summed E-state index contributed by atoms with van der Waals surface area (Å²) in [5.41, 5.74) is 0. The minimum atomic E-state index is -0.850. The monoisotopic (exact) mass is 372 g/mol. The van der Waals surface area contributed by atoms with Gasteiger partial charge in [0, 0.05) is 7.11 Å². The molecule has 1 aliphatic heterocycles. The Morgan fingerprint density at radius 1 is 1.27 bits per heavy atom. The molecule has 0 aromatic rings. The Kier molecular flexibility index (Phi) is 9.79. The number of aliphatic carboxylic acids is 1. The predicted molar refractivity (Wildman–Crippen MR) is 99.8 cm³/mol. The zero-order valence-electron chi connectivity index (χ0n) is 16.9. The molecule has 5 atom stereocenters. The van der Waals surface area contributed by atoms with E-state index in [-0.39, 0.29) is 25.1 Å². The Balaban J connectivity index is 2.54. The number of carbonyl (C=O) groups is 1. The van der Waals surface area contributed by atoms with E-state index in [1.54, 1.807) is 6.92 Å². The highest BCUT2D eigenvalue weighted by atomic mass is 16.7. The van der Waals surface area contributed by atoms with E-state index in [0.29, 0.717) is 12.3 Å². The van der Waals surface area contributed by atoms with Gasteiger partial charge >= 0.3 is 5.97 Å². The third-order valence-corrected chi connectivity index (χ3v) is 4.87. The molecule has 0 saturated carbocycles. The van der Waals surface area contributed by atoms with Crippen LogP contribution < -0.4 is 0 Å². The van der Waals surface area contributed by atoms with Crippen LogP contribution in [-0.2, 0) is 23.7 Å². The Bertz CT molecular complexity index is 436. The van der Waals surface area contributed by atoms with Gasteiger partial charge in [-0.25, -0.2) is 0 Å². The highest BCUT2D eigenvalue weighted by Gasteiger charge is 2.40. The van der Waals surface area contributed by atoms with E-state index in [9.17, 15) is 9.90 Å². The first kappa shape index (κ1) is 23.1. The van der Waals surface area contributed by atoms with Crippen LogP contribution in [0.5, 0.6) is 0 Å². The lowest BCUT2D eigenvalue weighted by Crippen LogP contribution is -2.31. The molecule has 0 spiro atoms. The summed E-state index contributed by atoms with van der Waals surface area (Å²) in [6.45, 7) is 11.6. The maximum Gasteiger partial charge on any atom is 0.308 e. The van der Waals surface area contributed by atoms with Gasteiger partial charge in [0.05, 0.1) is 24.2 Å². The van der Waals surface area contributed by atoms with Crippen molar-refractivity contribution in [2.45, 2.75) is 83.9 Å². The van der Waals surface area contributed by atoms with Gasteiger partial charge in [-0.3, -0.25) is 4.79 Å². The molecule has 0 amide bonds. The molecule has 152 valence electrons. The second kappa shape index (κ2) is 11.0. The second-order valence-electron chi connectivity index (χ2n) is 7.74. The third-order valence-electron chi connectivity index (χ3n) is 4.87. The van der Waals surface area contributed by atoms with Crippen LogP contribution >= 0.6 is 0 Å². The standard InChI is InChI=1S/C20H36O6/c1-7-8-9-16-17(26-20(4,5)25-16)11-10-14(2)12-18(24-13-23-6)15(3)19(21)22/h7,14-18H,1,8-13H2,2-6H3,(H,21,22)/t14-,15+,16-,17-,18+/m0/s1. The molecule has 0 aromatic heterocycles. The van der Waals surface area contributed by atoms with Crippen molar-refractivity contribution in [2.75, 3.05) is 13.9 Å². The van der Waals surface area contributed by atoms with Gasteiger partial charge in [-0.1, -0.05) is 13.0 Å². The summed E-state index contributed by atoms with van der Waals surface area (Å²) >= 11 is 0. The summed E-state index contributed by atoms with van der Waals surface area (Å²) in [6, 6.07) is 0. The summed E-state index contributed by atoms with van der Waals surface area (Å²) < 4.78 is 22.6. The number of carboxylic acids is 1. The van der Waals surface area contributed by atoms with Crippen LogP contribution in [0.25, 0.3) is 0 Å². The fraction of sp³-hybridized carbons (Fsp3) is 0.850. The second-order valence-corrected chi connectivity index (χ2v) is 7.74. The fourth-order valence-corrected chi connectivity index (χ4v) is 3.37. The van der Waals surface area contributed by atoms with Crippen LogP contribution in [0.4, 0.5) is 0 Å². The van der Waals surface area contributed by atoms with Gasteiger partial charge in [0.15, 0.2) is 5.79 Å². The van der Waals surface area contributed by atoms with Crippen LogP contribution in [0.3, 0.4) is 0 Å².